The summed E-state index contributed by atoms with van der Waals surface area (Å²) in [5, 5.41) is 0. The predicted molar refractivity (Wildman–Crippen MR) is 182 cm³/mol. The minimum atomic E-state index is -0.114. The van der Waals surface area contributed by atoms with Crippen LogP contribution < -0.4 is 4.90 Å². The number of rotatable bonds is 4. The van der Waals surface area contributed by atoms with Crippen molar-refractivity contribution in [2.45, 2.75) is 124 Å². The Hall–Kier alpha value is -2.61. The van der Waals surface area contributed by atoms with Gasteiger partial charge in [0, 0.05) is 18.3 Å². The van der Waals surface area contributed by atoms with Gasteiger partial charge in [0.15, 0.2) is 0 Å². The summed E-state index contributed by atoms with van der Waals surface area (Å²) in [4.78, 5) is 13.5. The predicted octanol–water partition coefficient (Wildman–Crippen LogP) is 12.3. The highest BCUT2D eigenvalue weighted by Crippen LogP contribution is 2.17. The standard InChI is InChI=1S/C14H17NO.C8H10.C4H10.5C2H6/c1-10(2)12(4)14(16)15(5)13-8-6-11(3)7-9-13;1-7-5-3-4-6-8(7)2;1-3-4-2;5*1-2/h6-9H,1,4H2,2-3,5H3;3-6H,1-2H3;3-4H2,1-2H3;5*1-2H3. The quantitative estimate of drug-likeness (QED) is 0.285. The number of hydrogen-bond donors (Lipinski definition) is 0. The van der Waals surface area contributed by atoms with E-state index in [2.05, 4.69) is 65.1 Å². The Morgan fingerprint density at radius 1 is 0.658 bits per heavy atom. The number of hydrogen-bond acceptors (Lipinski definition) is 1. The first-order valence-corrected chi connectivity index (χ1v) is 14.9. The lowest BCUT2D eigenvalue weighted by molar-refractivity contribution is -0.114. The summed E-state index contributed by atoms with van der Waals surface area (Å²) < 4.78 is 0. The van der Waals surface area contributed by atoms with E-state index in [9.17, 15) is 4.79 Å². The summed E-state index contributed by atoms with van der Waals surface area (Å²) in [6.07, 6.45) is 2.64. The maximum absolute atomic E-state index is 11.9. The highest BCUT2D eigenvalue weighted by Gasteiger charge is 2.14. The van der Waals surface area contributed by atoms with Crippen molar-refractivity contribution in [3.05, 3.63) is 89.5 Å². The van der Waals surface area contributed by atoms with Gasteiger partial charge in [-0.3, -0.25) is 4.79 Å². The molecule has 0 radical (unpaired) electrons. The minimum absolute atomic E-state index is 0.114. The Morgan fingerprint density at radius 2 is 0.974 bits per heavy atom. The van der Waals surface area contributed by atoms with E-state index in [4.69, 9.17) is 0 Å². The fourth-order valence-electron chi connectivity index (χ4n) is 1.93. The molecule has 0 aliphatic rings. The van der Waals surface area contributed by atoms with Crippen LogP contribution in [-0.4, -0.2) is 13.0 Å². The Labute approximate surface area is 241 Å². The third-order valence-electron chi connectivity index (χ3n) is 4.42. The topological polar surface area (TPSA) is 20.3 Å². The molecule has 0 N–H and O–H groups in total. The van der Waals surface area contributed by atoms with E-state index in [1.54, 1.807) is 18.9 Å². The molecule has 0 saturated heterocycles. The van der Waals surface area contributed by atoms with Crippen LogP contribution in [0.4, 0.5) is 5.69 Å². The van der Waals surface area contributed by atoms with Gasteiger partial charge in [0.25, 0.3) is 5.91 Å². The van der Waals surface area contributed by atoms with Crippen molar-refractivity contribution < 1.29 is 4.79 Å². The molecule has 0 heterocycles. The van der Waals surface area contributed by atoms with E-state index in [1.165, 1.54) is 29.5 Å². The summed E-state index contributed by atoms with van der Waals surface area (Å²) in [5.74, 6) is -0.114. The summed E-state index contributed by atoms with van der Waals surface area (Å²) in [6, 6.07) is 16.1. The van der Waals surface area contributed by atoms with E-state index in [1.807, 2.05) is 100 Å². The highest BCUT2D eigenvalue weighted by atomic mass is 16.2. The largest absolute Gasteiger partial charge is 0.311 e. The second kappa shape index (κ2) is 38.9. The van der Waals surface area contributed by atoms with E-state index in [-0.39, 0.29) is 5.91 Å². The molecule has 0 spiro atoms. The van der Waals surface area contributed by atoms with E-state index >= 15 is 0 Å². The van der Waals surface area contributed by atoms with Gasteiger partial charge in [-0.25, -0.2) is 0 Å². The van der Waals surface area contributed by atoms with E-state index < -0.39 is 0 Å². The lowest BCUT2D eigenvalue weighted by Gasteiger charge is -2.18. The van der Waals surface area contributed by atoms with Gasteiger partial charge in [-0.1, -0.05) is 151 Å². The Kier molecular flexibility index (Phi) is 49.6. The molecule has 0 unspecified atom stereocenters. The van der Waals surface area contributed by atoms with Gasteiger partial charge in [-0.15, -0.1) is 0 Å². The van der Waals surface area contributed by atoms with Crippen molar-refractivity contribution >= 4 is 11.6 Å². The second-order valence-electron chi connectivity index (χ2n) is 7.04. The van der Waals surface area contributed by atoms with Crippen molar-refractivity contribution in [2.75, 3.05) is 11.9 Å². The van der Waals surface area contributed by atoms with Crippen LogP contribution in [0.2, 0.25) is 0 Å². The molecule has 0 aromatic heterocycles. The van der Waals surface area contributed by atoms with Crippen LogP contribution in [0.1, 0.15) is 120 Å². The lowest BCUT2D eigenvalue weighted by Crippen LogP contribution is -2.27. The normalized spacial score (nSPS) is 7.61. The summed E-state index contributed by atoms with van der Waals surface area (Å²) >= 11 is 0. The first-order chi connectivity index (χ1) is 18.1. The maximum atomic E-state index is 11.9. The van der Waals surface area contributed by atoms with Gasteiger partial charge in [-0.2, -0.15) is 0 Å². The first kappa shape index (κ1) is 48.5. The van der Waals surface area contributed by atoms with Crippen LogP contribution in [0.3, 0.4) is 0 Å². The Morgan fingerprint density at radius 3 is 1.21 bits per heavy atom. The SMILES string of the molecule is C=C(C)C(=C)C(=O)N(C)c1ccc(C)cc1.CC.CC.CC.CC.CC.CCCC.Cc1ccccc1C. The molecule has 0 saturated carbocycles. The van der Waals surface area contributed by atoms with Crippen LogP contribution in [0.15, 0.2) is 72.8 Å². The van der Waals surface area contributed by atoms with E-state index in [0.717, 1.165) is 5.69 Å². The third kappa shape index (κ3) is 28.0. The van der Waals surface area contributed by atoms with Gasteiger partial charge in [0.2, 0.25) is 0 Å². The summed E-state index contributed by atoms with van der Waals surface area (Å²) in [5.41, 5.74) is 5.91. The number of amides is 1. The molecule has 2 rings (SSSR count). The van der Waals surface area contributed by atoms with E-state index in [0.29, 0.717) is 11.1 Å². The number of benzene rings is 2. The van der Waals surface area contributed by atoms with Gasteiger partial charge >= 0.3 is 0 Å². The Bertz CT molecular complexity index is 734. The molecule has 0 bridgehead atoms. The molecule has 1 amide bonds. The zero-order valence-corrected chi connectivity index (χ0v) is 28.8. The Balaban J connectivity index is -0.0000000977. The zero-order valence-electron chi connectivity index (χ0n) is 28.8. The van der Waals surface area contributed by atoms with Crippen molar-refractivity contribution in [1.82, 2.24) is 0 Å². The smallest absolute Gasteiger partial charge is 0.257 e. The molecule has 2 aromatic carbocycles. The van der Waals surface area contributed by atoms with Crippen molar-refractivity contribution in [1.29, 1.82) is 0 Å². The molecular weight excluding hydrogens is 462 g/mol. The number of unbranched alkanes of at least 4 members (excludes halogenated alkanes) is 1. The molecule has 222 valence electrons. The van der Waals surface area contributed by atoms with Crippen LogP contribution in [0, 0.1) is 20.8 Å². The van der Waals surface area contributed by atoms with Gasteiger partial charge in [-0.05, 0) is 56.5 Å². The van der Waals surface area contributed by atoms with Gasteiger partial charge in [0.1, 0.15) is 0 Å². The molecule has 2 nitrogen and oxygen atoms in total. The second-order valence-corrected chi connectivity index (χ2v) is 7.04. The number of anilines is 1. The number of aryl methyl sites for hydroxylation is 3. The third-order valence-corrected chi connectivity index (χ3v) is 4.42. The maximum Gasteiger partial charge on any atom is 0.257 e. The fourth-order valence-corrected chi connectivity index (χ4v) is 1.93. The minimum Gasteiger partial charge on any atom is -0.311 e. The van der Waals surface area contributed by atoms with Crippen LogP contribution in [0.25, 0.3) is 0 Å². The number of nitrogens with zero attached hydrogens (tertiary/aromatic N) is 1. The molecule has 0 aliphatic heterocycles. The van der Waals surface area contributed by atoms with Crippen LogP contribution in [-0.2, 0) is 4.79 Å². The number of likely N-dealkylation sites (N-methyl/N-ethyl adjacent to an activating group) is 1. The first-order valence-electron chi connectivity index (χ1n) is 14.9. The fraction of sp³-hybridized carbons (Fsp3) is 0.528. The molecule has 0 fully saturated rings. The molecule has 38 heavy (non-hydrogen) atoms. The number of carbonyl (C=O) groups excluding carboxylic acids is 1. The average Bonchev–Trinajstić information content (AvgIpc) is 2.99. The monoisotopic (exact) mass is 530 g/mol. The van der Waals surface area contributed by atoms with Crippen LogP contribution >= 0.6 is 0 Å². The molecule has 2 heteroatoms. The van der Waals surface area contributed by atoms with Gasteiger partial charge < -0.3 is 4.90 Å². The molecule has 2 aromatic rings. The number of carbonyl (C=O) groups is 1. The van der Waals surface area contributed by atoms with Crippen molar-refractivity contribution in [3.63, 3.8) is 0 Å². The van der Waals surface area contributed by atoms with Crippen LogP contribution in [0.5, 0.6) is 0 Å². The average molecular weight is 530 g/mol. The summed E-state index contributed by atoms with van der Waals surface area (Å²) in [7, 11) is 1.74. The molecular formula is C36H67NO. The van der Waals surface area contributed by atoms with Gasteiger partial charge in [0.05, 0.1) is 0 Å². The highest BCUT2D eigenvalue weighted by molar-refractivity contribution is 6.07. The van der Waals surface area contributed by atoms with Crippen molar-refractivity contribution in [2.24, 2.45) is 0 Å². The van der Waals surface area contributed by atoms with Crippen molar-refractivity contribution in [3.8, 4) is 0 Å². The zero-order chi connectivity index (χ0) is 31.7. The lowest BCUT2D eigenvalue weighted by atomic mass is 10.1. The molecule has 0 atom stereocenters. The summed E-state index contributed by atoms with van der Waals surface area (Å²) in [6.45, 7) is 39.8. The molecule has 0 aliphatic carbocycles.